The number of nitrogens with zero attached hydrogens (tertiary/aromatic N) is 3. The van der Waals surface area contributed by atoms with Crippen LogP contribution in [-0.4, -0.2) is 20.4 Å². The number of nitrogens with one attached hydrogen (secondary N) is 1. The number of hydrogen-bond donors (Lipinski definition) is 1. The highest BCUT2D eigenvalue weighted by molar-refractivity contribution is 5.88. The topological polar surface area (TPSA) is 76.9 Å². The minimum absolute atomic E-state index is 0.0562. The van der Waals surface area contributed by atoms with Crippen molar-refractivity contribution in [3.05, 3.63) is 51.2 Å². The Kier molecular flexibility index (Phi) is 4.16. The third-order valence-corrected chi connectivity index (χ3v) is 3.09. The number of rotatable bonds is 3. The predicted molar refractivity (Wildman–Crippen MR) is 80.3 cm³/mol. The zero-order chi connectivity index (χ0) is 15.6. The molecule has 0 aliphatic rings. The molecule has 0 aliphatic heterocycles. The third kappa shape index (κ3) is 3.75. The molecule has 0 saturated heterocycles. The third-order valence-electron chi connectivity index (χ3n) is 3.09. The lowest BCUT2D eigenvalue weighted by Gasteiger charge is -2.13. The summed E-state index contributed by atoms with van der Waals surface area (Å²) in [5.41, 5.74) is 3.04. The van der Waals surface area contributed by atoms with E-state index < -0.39 is 0 Å². The van der Waals surface area contributed by atoms with Crippen LogP contribution in [0.5, 0.6) is 0 Å². The first-order valence-corrected chi connectivity index (χ1v) is 6.65. The van der Waals surface area contributed by atoms with Gasteiger partial charge in [-0.3, -0.25) is 14.9 Å². The molecule has 0 fully saturated rings. The summed E-state index contributed by atoms with van der Waals surface area (Å²) in [6, 6.07) is 4.85. The maximum absolute atomic E-state index is 12.1. The van der Waals surface area contributed by atoms with Gasteiger partial charge in [-0.25, -0.2) is 9.97 Å². The van der Waals surface area contributed by atoms with E-state index in [1.165, 1.54) is 12.1 Å². The summed E-state index contributed by atoms with van der Waals surface area (Å²) in [4.78, 5) is 31.8. The van der Waals surface area contributed by atoms with Crippen LogP contribution in [0.2, 0.25) is 0 Å². The second-order valence-electron chi connectivity index (χ2n) is 5.08. The second-order valence-corrected chi connectivity index (χ2v) is 5.08. The number of hydrogen-bond acceptors (Lipinski definition) is 4. The Labute approximate surface area is 122 Å². The Morgan fingerprint density at radius 1 is 1.05 bits per heavy atom. The van der Waals surface area contributed by atoms with Crippen LogP contribution in [0.3, 0.4) is 0 Å². The van der Waals surface area contributed by atoms with Crippen molar-refractivity contribution in [1.29, 1.82) is 0 Å². The molecule has 21 heavy (non-hydrogen) atoms. The van der Waals surface area contributed by atoms with E-state index in [0.717, 1.165) is 22.8 Å². The molecule has 0 atom stereocenters. The molecule has 0 unspecified atom stereocenters. The lowest BCUT2D eigenvalue weighted by molar-refractivity contribution is -0.116. The second kappa shape index (κ2) is 5.87. The van der Waals surface area contributed by atoms with Gasteiger partial charge in [0.2, 0.25) is 11.9 Å². The normalized spacial score (nSPS) is 10.5. The highest BCUT2D eigenvalue weighted by Gasteiger charge is 2.09. The Balaban J connectivity index is 2.17. The maximum Gasteiger partial charge on any atom is 0.246 e. The van der Waals surface area contributed by atoms with E-state index in [-0.39, 0.29) is 17.9 Å². The SMILES string of the molecule is Cc1cc(C)nc(NC(=O)Cn2c(C)cc(=O)cc2C)n1. The molecule has 2 heterocycles. The number of carbonyl (C=O) groups is 1. The molecule has 0 aliphatic carbocycles. The fourth-order valence-corrected chi connectivity index (χ4v) is 2.23. The molecule has 2 aromatic heterocycles. The quantitative estimate of drug-likeness (QED) is 0.928. The first-order valence-electron chi connectivity index (χ1n) is 6.65. The highest BCUT2D eigenvalue weighted by Crippen LogP contribution is 2.05. The maximum atomic E-state index is 12.1. The number of aryl methyl sites for hydroxylation is 4. The Bertz CT molecular complexity index is 703. The summed E-state index contributed by atoms with van der Waals surface area (Å²) >= 11 is 0. The van der Waals surface area contributed by atoms with Crippen LogP contribution in [0.15, 0.2) is 23.0 Å². The van der Waals surface area contributed by atoms with Crippen LogP contribution in [0.4, 0.5) is 5.95 Å². The van der Waals surface area contributed by atoms with Crippen LogP contribution in [-0.2, 0) is 11.3 Å². The van der Waals surface area contributed by atoms with Crippen molar-refractivity contribution < 1.29 is 4.79 Å². The van der Waals surface area contributed by atoms with Crippen LogP contribution >= 0.6 is 0 Å². The molecule has 110 valence electrons. The Hall–Kier alpha value is -2.50. The lowest BCUT2D eigenvalue weighted by atomic mass is 10.3. The van der Waals surface area contributed by atoms with Crippen molar-refractivity contribution in [2.24, 2.45) is 0 Å². The fourth-order valence-electron chi connectivity index (χ4n) is 2.23. The zero-order valence-electron chi connectivity index (χ0n) is 12.6. The number of pyridine rings is 1. The van der Waals surface area contributed by atoms with Gasteiger partial charge in [0, 0.05) is 34.9 Å². The molecular formula is C15H18N4O2. The standard InChI is InChI=1S/C15H18N4O2/c1-9-5-10(2)17-15(16-9)18-14(21)8-19-11(3)6-13(20)7-12(19)4/h5-7H,8H2,1-4H3,(H,16,17,18,21). The van der Waals surface area contributed by atoms with Crippen LogP contribution < -0.4 is 10.7 Å². The van der Waals surface area contributed by atoms with Crippen LogP contribution in [0.1, 0.15) is 22.8 Å². The average molecular weight is 286 g/mol. The largest absolute Gasteiger partial charge is 0.340 e. The van der Waals surface area contributed by atoms with Gasteiger partial charge < -0.3 is 4.57 Å². The van der Waals surface area contributed by atoms with E-state index in [2.05, 4.69) is 15.3 Å². The number of carbonyl (C=O) groups excluding carboxylic acids is 1. The van der Waals surface area contributed by atoms with Gasteiger partial charge in [-0.05, 0) is 33.8 Å². The van der Waals surface area contributed by atoms with Crippen molar-refractivity contribution in [2.45, 2.75) is 34.2 Å². The van der Waals surface area contributed by atoms with E-state index >= 15 is 0 Å². The molecule has 0 saturated carbocycles. The predicted octanol–water partition coefficient (Wildman–Crippen LogP) is 1.51. The Morgan fingerprint density at radius 3 is 2.10 bits per heavy atom. The van der Waals surface area contributed by atoms with E-state index in [1.54, 1.807) is 18.4 Å². The summed E-state index contributed by atoms with van der Waals surface area (Å²) in [7, 11) is 0. The van der Waals surface area contributed by atoms with Crippen molar-refractivity contribution in [3.63, 3.8) is 0 Å². The molecule has 2 rings (SSSR count). The average Bonchev–Trinajstić information content (AvgIpc) is 2.32. The minimum Gasteiger partial charge on any atom is -0.340 e. The van der Waals surface area contributed by atoms with E-state index in [4.69, 9.17) is 0 Å². The van der Waals surface area contributed by atoms with Crippen molar-refractivity contribution in [3.8, 4) is 0 Å². The summed E-state index contributed by atoms with van der Waals surface area (Å²) in [5, 5.41) is 2.68. The summed E-state index contributed by atoms with van der Waals surface area (Å²) in [6.07, 6.45) is 0. The van der Waals surface area contributed by atoms with Crippen LogP contribution in [0.25, 0.3) is 0 Å². The molecule has 0 spiro atoms. The zero-order valence-corrected chi connectivity index (χ0v) is 12.6. The molecule has 6 nitrogen and oxygen atoms in total. The van der Waals surface area contributed by atoms with Crippen molar-refractivity contribution in [1.82, 2.24) is 14.5 Å². The van der Waals surface area contributed by atoms with Crippen LogP contribution in [0, 0.1) is 27.7 Å². The number of amides is 1. The van der Waals surface area contributed by atoms with E-state index in [9.17, 15) is 9.59 Å². The molecule has 0 bridgehead atoms. The van der Waals surface area contributed by atoms with Crippen molar-refractivity contribution >= 4 is 11.9 Å². The molecule has 0 aromatic carbocycles. The van der Waals surface area contributed by atoms with Gasteiger partial charge in [0.15, 0.2) is 5.43 Å². The number of aromatic nitrogens is 3. The molecule has 2 aromatic rings. The summed E-state index contributed by atoms with van der Waals surface area (Å²) in [6.45, 7) is 7.42. The smallest absolute Gasteiger partial charge is 0.246 e. The van der Waals surface area contributed by atoms with Gasteiger partial charge in [-0.15, -0.1) is 0 Å². The highest BCUT2D eigenvalue weighted by atomic mass is 16.2. The first kappa shape index (κ1) is 14.9. The van der Waals surface area contributed by atoms with Crippen molar-refractivity contribution in [2.75, 3.05) is 5.32 Å². The summed E-state index contributed by atoms with van der Waals surface area (Å²) < 4.78 is 1.78. The molecule has 1 amide bonds. The molecule has 0 radical (unpaired) electrons. The monoisotopic (exact) mass is 286 g/mol. The number of anilines is 1. The first-order chi connectivity index (χ1) is 9.85. The van der Waals surface area contributed by atoms with Gasteiger partial charge in [0.1, 0.15) is 6.54 Å². The Morgan fingerprint density at radius 2 is 1.57 bits per heavy atom. The van der Waals surface area contributed by atoms with Gasteiger partial charge in [0.05, 0.1) is 0 Å². The van der Waals surface area contributed by atoms with Gasteiger partial charge in [-0.2, -0.15) is 0 Å². The summed E-state index contributed by atoms with van der Waals surface area (Å²) in [5.74, 6) is 0.0729. The van der Waals surface area contributed by atoms with Gasteiger partial charge in [-0.1, -0.05) is 0 Å². The van der Waals surface area contributed by atoms with Gasteiger partial charge in [0.25, 0.3) is 0 Å². The molecular weight excluding hydrogens is 268 g/mol. The van der Waals surface area contributed by atoms with Gasteiger partial charge >= 0.3 is 0 Å². The van der Waals surface area contributed by atoms with E-state index in [1.807, 2.05) is 19.9 Å². The lowest BCUT2D eigenvalue weighted by Crippen LogP contribution is -2.24. The fraction of sp³-hybridized carbons (Fsp3) is 0.333. The van der Waals surface area contributed by atoms with E-state index in [0.29, 0.717) is 5.95 Å². The molecule has 6 heteroatoms. The molecule has 1 N–H and O–H groups in total. The minimum atomic E-state index is -0.227.